The number of halogens is 1. The van der Waals surface area contributed by atoms with Crippen LogP contribution >= 0.6 is 11.6 Å². The number of carbonyl (C=O) groups is 1. The van der Waals surface area contributed by atoms with Crippen LogP contribution in [0.25, 0.3) is 11.3 Å². The van der Waals surface area contributed by atoms with Crippen molar-refractivity contribution in [2.45, 2.75) is 39.2 Å². The van der Waals surface area contributed by atoms with E-state index in [1.807, 2.05) is 38.1 Å². The van der Waals surface area contributed by atoms with Gasteiger partial charge in [-0.1, -0.05) is 35.9 Å². The fourth-order valence-electron chi connectivity index (χ4n) is 4.14. The number of amides is 1. The van der Waals surface area contributed by atoms with E-state index >= 15 is 0 Å². The molecule has 0 N–H and O–H groups in total. The highest BCUT2D eigenvalue weighted by Gasteiger charge is 2.27. The Morgan fingerprint density at radius 2 is 1.88 bits per heavy atom. The molecule has 33 heavy (non-hydrogen) atoms. The number of hydrogen-bond acceptors (Lipinski definition) is 5. The third-order valence-corrected chi connectivity index (χ3v) is 6.09. The van der Waals surface area contributed by atoms with Crippen molar-refractivity contribution in [2.75, 3.05) is 22.9 Å². The molecule has 1 aromatic heterocycles. The summed E-state index contributed by atoms with van der Waals surface area (Å²) in [5, 5.41) is 9.85. The van der Waals surface area contributed by atoms with Gasteiger partial charge in [0.1, 0.15) is 0 Å². The molecule has 0 atom stereocenters. The smallest absolute Gasteiger partial charge is 0.262 e. The van der Waals surface area contributed by atoms with E-state index in [9.17, 15) is 10.1 Å². The number of aromatic nitrogens is 2. The van der Waals surface area contributed by atoms with Crippen molar-refractivity contribution in [3.8, 4) is 17.3 Å². The summed E-state index contributed by atoms with van der Waals surface area (Å²) < 4.78 is 0. The predicted molar refractivity (Wildman–Crippen MR) is 132 cm³/mol. The molecule has 0 aliphatic carbocycles. The van der Waals surface area contributed by atoms with Crippen LogP contribution in [-0.4, -0.2) is 35.0 Å². The Hall–Kier alpha value is -3.43. The summed E-state index contributed by atoms with van der Waals surface area (Å²) in [4.78, 5) is 27.1. The molecular weight excluding hydrogens is 434 g/mol. The molecule has 1 amide bonds. The Balaban J connectivity index is 1.83. The molecule has 1 aliphatic rings. The van der Waals surface area contributed by atoms with Crippen molar-refractivity contribution in [3.05, 3.63) is 70.9 Å². The SMILES string of the molecule is CC(C)N(C(=O)c1cnc(N2CCCCC2)nc1-c1ccccc1Cl)c1cccc(C#N)c1. The van der Waals surface area contributed by atoms with E-state index in [4.69, 9.17) is 16.6 Å². The topological polar surface area (TPSA) is 73.1 Å². The van der Waals surface area contributed by atoms with E-state index in [-0.39, 0.29) is 11.9 Å². The van der Waals surface area contributed by atoms with E-state index in [1.165, 1.54) is 6.42 Å². The molecule has 0 unspecified atom stereocenters. The lowest BCUT2D eigenvalue weighted by atomic mass is 10.0. The monoisotopic (exact) mass is 459 g/mol. The van der Waals surface area contributed by atoms with Gasteiger partial charge in [-0.05, 0) is 57.4 Å². The maximum atomic E-state index is 13.9. The number of hydrogen-bond donors (Lipinski definition) is 0. The summed E-state index contributed by atoms with van der Waals surface area (Å²) in [7, 11) is 0. The zero-order valence-electron chi connectivity index (χ0n) is 18.8. The first-order valence-electron chi connectivity index (χ1n) is 11.2. The van der Waals surface area contributed by atoms with Crippen molar-refractivity contribution < 1.29 is 4.79 Å². The van der Waals surface area contributed by atoms with Crippen LogP contribution in [0.3, 0.4) is 0 Å². The summed E-state index contributed by atoms with van der Waals surface area (Å²) in [5.74, 6) is 0.379. The molecule has 1 fully saturated rings. The van der Waals surface area contributed by atoms with E-state index in [1.54, 1.807) is 35.4 Å². The highest BCUT2D eigenvalue weighted by Crippen LogP contribution is 2.32. The molecule has 6 nitrogen and oxygen atoms in total. The van der Waals surface area contributed by atoms with E-state index < -0.39 is 0 Å². The zero-order chi connectivity index (χ0) is 23.4. The Bertz CT molecular complexity index is 1200. The van der Waals surface area contributed by atoms with Gasteiger partial charge in [-0.3, -0.25) is 4.79 Å². The minimum Gasteiger partial charge on any atom is -0.341 e. The lowest BCUT2D eigenvalue weighted by Gasteiger charge is -2.29. The molecule has 7 heteroatoms. The van der Waals surface area contributed by atoms with Crippen LogP contribution in [0, 0.1) is 11.3 Å². The van der Waals surface area contributed by atoms with Gasteiger partial charge in [0.2, 0.25) is 5.95 Å². The second kappa shape index (κ2) is 10.0. The molecule has 0 spiro atoms. The van der Waals surface area contributed by atoms with Crippen molar-refractivity contribution in [1.82, 2.24) is 9.97 Å². The standard InChI is InChI=1S/C26H26ClN5O/c1-18(2)32(20-10-8-9-19(15-20)16-28)25(33)22-17-29-26(31-13-6-3-7-14-31)30-24(22)21-11-4-5-12-23(21)27/h4-5,8-12,15,17-18H,3,6-7,13-14H2,1-2H3. The van der Waals surface area contributed by atoms with Crippen LogP contribution < -0.4 is 9.80 Å². The lowest BCUT2D eigenvalue weighted by molar-refractivity contribution is 0.0980. The third kappa shape index (κ3) is 4.84. The molecule has 0 radical (unpaired) electrons. The average Bonchev–Trinajstić information content (AvgIpc) is 2.84. The minimum atomic E-state index is -0.236. The number of rotatable bonds is 5. The molecule has 3 aromatic rings. The number of anilines is 2. The summed E-state index contributed by atoms with van der Waals surface area (Å²) in [6.07, 6.45) is 5.01. The van der Waals surface area contributed by atoms with Gasteiger partial charge in [-0.2, -0.15) is 5.26 Å². The highest BCUT2D eigenvalue weighted by atomic mass is 35.5. The number of nitriles is 1. The van der Waals surface area contributed by atoms with Gasteiger partial charge in [0, 0.05) is 41.6 Å². The normalized spacial score (nSPS) is 13.6. The van der Waals surface area contributed by atoms with Gasteiger partial charge in [0.05, 0.1) is 22.9 Å². The molecule has 1 aliphatic heterocycles. The quantitative estimate of drug-likeness (QED) is 0.488. The Morgan fingerprint density at radius 1 is 1.12 bits per heavy atom. The van der Waals surface area contributed by atoms with Gasteiger partial charge in [0.25, 0.3) is 5.91 Å². The van der Waals surface area contributed by atoms with Crippen LogP contribution in [0.1, 0.15) is 49.0 Å². The Morgan fingerprint density at radius 3 is 2.58 bits per heavy atom. The maximum Gasteiger partial charge on any atom is 0.262 e. The van der Waals surface area contributed by atoms with E-state index in [0.717, 1.165) is 25.9 Å². The summed E-state index contributed by atoms with van der Waals surface area (Å²) in [5.41, 5.74) is 2.73. The van der Waals surface area contributed by atoms with Crippen LogP contribution in [0.2, 0.25) is 5.02 Å². The fourth-order valence-corrected chi connectivity index (χ4v) is 4.36. The molecule has 0 saturated carbocycles. The first-order valence-corrected chi connectivity index (χ1v) is 11.6. The molecule has 2 aromatic carbocycles. The number of nitrogens with zero attached hydrogens (tertiary/aromatic N) is 5. The van der Waals surface area contributed by atoms with Gasteiger partial charge in [-0.15, -0.1) is 0 Å². The lowest BCUT2D eigenvalue weighted by Crippen LogP contribution is -2.38. The fraction of sp³-hybridized carbons (Fsp3) is 0.308. The Labute approximate surface area is 199 Å². The van der Waals surface area contributed by atoms with Gasteiger partial charge in [0.15, 0.2) is 0 Å². The molecule has 2 heterocycles. The van der Waals surface area contributed by atoms with Gasteiger partial charge >= 0.3 is 0 Å². The molecule has 168 valence electrons. The molecular formula is C26H26ClN5O. The first kappa shape index (κ1) is 22.8. The maximum absolute atomic E-state index is 13.9. The van der Waals surface area contributed by atoms with Crippen LogP contribution in [0.4, 0.5) is 11.6 Å². The van der Waals surface area contributed by atoms with Crippen molar-refractivity contribution in [3.63, 3.8) is 0 Å². The van der Waals surface area contributed by atoms with Crippen LogP contribution in [0.5, 0.6) is 0 Å². The van der Waals surface area contributed by atoms with Crippen molar-refractivity contribution in [2.24, 2.45) is 0 Å². The van der Waals surface area contributed by atoms with Crippen molar-refractivity contribution >= 4 is 29.1 Å². The summed E-state index contributed by atoms with van der Waals surface area (Å²) in [6, 6.07) is 16.5. The van der Waals surface area contributed by atoms with Gasteiger partial charge in [-0.25, -0.2) is 9.97 Å². The number of piperidine rings is 1. The van der Waals surface area contributed by atoms with Crippen LogP contribution in [-0.2, 0) is 0 Å². The second-order valence-corrected chi connectivity index (χ2v) is 8.80. The predicted octanol–water partition coefficient (Wildman–Crippen LogP) is 5.71. The van der Waals surface area contributed by atoms with E-state index in [2.05, 4.69) is 16.0 Å². The van der Waals surface area contributed by atoms with E-state index in [0.29, 0.717) is 39.0 Å². The largest absolute Gasteiger partial charge is 0.341 e. The summed E-state index contributed by atoms with van der Waals surface area (Å²) in [6.45, 7) is 5.67. The highest BCUT2D eigenvalue weighted by molar-refractivity contribution is 6.33. The van der Waals surface area contributed by atoms with Gasteiger partial charge < -0.3 is 9.80 Å². The third-order valence-electron chi connectivity index (χ3n) is 5.76. The molecule has 4 rings (SSSR count). The number of benzene rings is 2. The number of carbonyl (C=O) groups excluding carboxylic acids is 1. The van der Waals surface area contributed by atoms with Crippen LogP contribution in [0.15, 0.2) is 54.7 Å². The molecule has 0 bridgehead atoms. The first-order chi connectivity index (χ1) is 16.0. The zero-order valence-corrected chi connectivity index (χ0v) is 19.6. The minimum absolute atomic E-state index is 0.146. The average molecular weight is 460 g/mol. The Kier molecular flexibility index (Phi) is 6.90. The second-order valence-electron chi connectivity index (χ2n) is 8.39. The van der Waals surface area contributed by atoms with Crippen molar-refractivity contribution in [1.29, 1.82) is 5.26 Å². The molecule has 1 saturated heterocycles. The summed E-state index contributed by atoms with van der Waals surface area (Å²) >= 11 is 6.54.